The predicted molar refractivity (Wildman–Crippen MR) is 72.9 cm³/mol. The Morgan fingerprint density at radius 3 is 2.48 bits per heavy atom. The van der Waals surface area contributed by atoms with Crippen LogP contribution < -0.4 is 5.73 Å². The van der Waals surface area contributed by atoms with Gasteiger partial charge in [0.2, 0.25) is 5.91 Å². The van der Waals surface area contributed by atoms with Crippen LogP contribution in [0.25, 0.3) is 11.0 Å². The fraction of sp³-hybridized carbons (Fsp3) is 0.385. The summed E-state index contributed by atoms with van der Waals surface area (Å²) in [4.78, 5) is 15.5. The van der Waals surface area contributed by atoms with Crippen molar-refractivity contribution in [2.75, 3.05) is 0 Å². The molecule has 0 bridgehead atoms. The van der Waals surface area contributed by atoms with Crippen molar-refractivity contribution in [3.8, 4) is 0 Å². The molecule has 2 unspecified atom stereocenters. The highest BCUT2D eigenvalue weighted by Crippen LogP contribution is 2.34. The molecular formula is C13H13ClF3N3O. The van der Waals surface area contributed by atoms with Gasteiger partial charge in [-0.3, -0.25) is 4.79 Å². The van der Waals surface area contributed by atoms with Gasteiger partial charge in [0.25, 0.3) is 0 Å². The number of fused-ring (bicyclic) bond motifs is 1. The lowest BCUT2D eigenvalue weighted by Crippen LogP contribution is -2.25. The van der Waals surface area contributed by atoms with Crippen LogP contribution in [0.15, 0.2) is 18.2 Å². The molecule has 0 fully saturated rings. The molecule has 1 heterocycles. The fourth-order valence-electron chi connectivity index (χ4n) is 2.11. The van der Waals surface area contributed by atoms with Crippen molar-refractivity contribution in [3.05, 3.63) is 29.6 Å². The van der Waals surface area contributed by atoms with Crippen molar-refractivity contribution in [1.29, 1.82) is 0 Å². The highest BCUT2D eigenvalue weighted by atomic mass is 35.5. The summed E-state index contributed by atoms with van der Waals surface area (Å²) < 4.78 is 39.7. The molecule has 114 valence electrons. The van der Waals surface area contributed by atoms with Gasteiger partial charge in [-0.25, -0.2) is 4.98 Å². The topological polar surface area (TPSA) is 60.9 Å². The number of primary amides is 1. The Labute approximate surface area is 123 Å². The second-order valence-electron chi connectivity index (χ2n) is 4.74. The molecule has 1 aromatic carbocycles. The lowest BCUT2D eigenvalue weighted by molar-refractivity contribution is -0.137. The molecule has 1 amide bonds. The van der Waals surface area contributed by atoms with Crippen molar-refractivity contribution < 1.29 is 18.0 Å². The van der Waals surface area contributed by atoms with Gasteiger partial charge in [0.05, 0.1) is 22.0 Å². The van der Waals surface area contributed by atoms with Crippen LogP contribution >= 0.6 is 11.6 Å². The molecular weight excluding hydrogens is 307 g/mol. The minimum absolute atomic E-state index is 0.125. The molecule has 2 N–H and O–H groups in total. The number of hydrogen-bond acceptors (Lipinski definition) is 2. The van der Waals surface area contributed by atoms with Crippen LogP contribution in [0.5, 0.6) is 0 Å². The summed E-state index contributed by atoms with van der Waals surface area (Å²) in [5.41, 5.74) is 4.98. The number of amides is 1. The number of carbonyl (C=O) groups excluding carboxylic acids is 1. The first-order chi connectivity index (χ1) is 9.62. The Kier molecular flexibility index (Phi) is 3.88. The van der Waals surface area contributed by atoms with Crippen molar-refractivity contribution in [2.24, 2.45) is 5.73 Å². The third-order valence-corrected chi connectivity index (χ3v) is 3.39. The van der Waals surface area contributed by atoms with E-state index in [2.05, 4.69) is 4.98 Å². The van der Waals surface area contributed by atoms with E-state index in [0.717, 1.165) is 12.1 Å². The highest BCUT2D eigenvalue weighted by Gasteiger charge is 2.31. The summed E-state index contributed by atoms with van der Waals surface area (Å²) in [6.07, 6.45) is -4.46. The number of rotatable bonds is 3. The van der Waals surface area contributed by atoms with Gasteiger partial charge in [-0.15, -0.1) is 11.6 Å². The summed E-state index contributed by atoms with van der Waals surface area (Å²) in [6.45, 7) is 3.17. The van der Waals surface area contributed by atoms with E-state index in [1.165, 1.54) is 10.6 Å². The molecule has 21 heavy (non-hydrogen) atoms. The first-order valence-corrected chi connectivity index (χ1v) is 6.59. The predicted octanol–water partition coefficient (Wildman–Crippen LogP) is 3.40. The van der Waals surface area contributed by atoms with Gasteiger partial charge < -0.3 is 10.3 Å². The first kappa shape index (κ1) is 15.6. The maximum absolute atomic E-state index is 12.7. The van der Waals surface area contributed by atoms with Crippen LogP contribution in [-0.4, -0.2) is 15.5 Å². The Hall–Kier alpha value is -1.76. The van der Waals surface area contributed by atoms with E-state index in [9.17, 15) is 18.0 Å². The SMILES string of the molecule is CC(Cl)c1nc2cc(C(F)(F)F)ccc2n1C(C)C(N)=O. The van der Waals surface area contributed by atoms with Crippen LogP contribution in [0.1, 0.15) is 36.7 Å². The summed E-state index contributed by atoms with van der Waals surface area (Å²) in [5.74, 6) is -0.315. The zero-order valence-corrected chi connectivity index (χ0v) is 12.0. The molecule has 1 aromatic heterocycles. The summed E-state index contributed by atoms with van der Waals surface area (Å²) in [6, 6.07) is 2.38. The first-order valence-electron chi connectivity index (χ1n) is 6.15. The average Bonchev–Trinajstić information content (AvgIpc) is 2.74. The molecule has 0 spiro atoms. The molecule has 2 atom stereocenters. The molecule has 8 heteroatoms. The van der Waals surface area contributed by atoms with E-state index < -0.39 is 29.1 Å². The minimum Gasteiger partial charge on any atom is -0.368 e. The molecule has 4 nitrogen and oxygen atoms in total. The van der Waals surface area contributed by atoms with Gasteiger partial charge in [0.15, 0.2) is 0 Å². The monoisotopic (exact) mass is 319 g/mol. The van der Waals surface area contributed by atoms with Crippen molar-refractivity contribution in [3.63, 3.8) is 0 Å². The summed E-state index contributed by atoms with van der Waals surface area (Å²) in [5, 5.41) is -0.575. The fourth-order valence-corrected chi connectivity index (χ4v) is 2.26. The average molecular weight is 320 g/mol. The van der Waals surface area contributed by atoms with Crippen LogP contribution in [0.4, 0.5) is 13.2 Å². The Morgan fingerprint density at radius 2 is 2.00 bits per heavy atom. The smallest absolute Gasteiger partial charge is 0.368 e. The molecule has 0 saturated carbocycles. The van der Waals surface area contributed by atoms with E-state index in [4.69, 9.17) is 17.3 Å². The van der Waals surface area contributed by atoms with E-state index in [-0.39, 0.29) is 5.52 Å². The van der Waals surface area contributed by atoms with Gasteiger partial charge >= 0.3 is 6.18 Å². The highest BCUT2D eigenvalue weighted by molar-refractivity contribution is 6.20. The zero-order valence-electron chi connectivity index (χ0n) is 11.3. The molecule has 2 rings (SSSR count). The molecule has 0 aliphatic carbocycles. The van der Waals surface area contributed by atoms with Crippen molar-refractivity contribution in [1.82, 2.24) is 9.55 Å². The summed E-state index contributed by atoms with van der Waals surface area (Å²) in [7, 11) is 0. The standard InChI is InChI=1S/C13H13ClF3N3O/c1-6(14)12-19-9-5-8(13(15,16)17)3-4-10(9)20(12)7(2)11(18)21/h3-7H,1-2H3,(H2,18,21). The number of alkyl halides is 4. The number of hydrogen-bond donors (Lipinski definition) is 1. The molecule has 0 radical (unpaired) electrons. The lowest BCUT2D eigenvalue weighted by atomic mass is 10.2. The molecule has 0 saturated heterocycles. The Balaban J connectivity index is 2.71. The quantitative estimate of drug-likeness (QED) is 0.881. The van der Waals surface area contributed by atoms with Gasteiger partial charge in [0, 0.05) is 0 Å². The second kappa shape index (κ2) is 5.22. The normalized spacial score (nSPS) is 15.1. The largest absolute Gasteiger partial charge is 0.416 e. The number of benzene rings is 1. The Bertz CT molecular complexity index is 694. The van der Waals surface area contributed by atoms with Gasteiger partial charge in [-0.2, -0.15) is 13.2 Å². The van der Waals surface area contributed by atoms with Crippen LogP contribution in [-0.2, 0) is 11.0 Å². The second-order valence-corrected chi connectivity index (χ2v) is 5.39. The van der Waals surface area contributed by atoms with Crippen molar-refractivity contribution in [2.45, 2.75) is 31.4 Å². The van der Waals surface area contributed by atoms with Crippen LogP contribution in [0.3, 0.4) is 0 Å². The van der Waals surface area contributed by atoms with E-state index >= 15 is 0 Å². The Morgan fingerprint density at radius 1 is 1.38 bits per heavy atom. The van der Waals surface area contributed by atoms with Crippen LogP contribution in [0.2, 0.25) is 0 Å². The molecule has 0 aliphatic rings. The molecule has 0 aliphatic heterocycles. The number of halogens is 4. The number of carbonyl (C=O) groups is 1. The minimum atomic E-state index is -4.46. The number of aromatic nitrogens is 2. The number of nitrogens with zero attached hydrogens (tertiary/aromatic N) is 2. The van der Waals surface area contributed by atoms with E-state index in [1.807, 2.05) is 0 Å². The van der Waals surface area contributed by atoms with Gasteiger partial charge in [-0.05, 0) is 32.0 Å². The maximum atomic E-state index is 12.7. The zero-order chi connectivity index (χ0) is 15.9. The maximum Gasteiger partial charge on any atom is 0.416 e. The third kappa shape index (κ3) is 2.83. The van der Waals surface area contributed by atoms with E-state index in [0.29, 0.717) is 11.3 Å². The third-order valence-electron chi connectivity index (χ3n) is 3.20. The van der Waals surface area contributed by atoms with Gasteiger partial charge in [0.1, 0.15) is 11.9 Å². The number of nitrogens with two attached hydrogens (primary N) is 1. The van der Waals surface area contributed by atoms with Crippen molar-refractivity contribution >= 4 is 28.5 Å². The van der Waals surface area contributed by atoms with E-state index in [1.54, 1.807) is 13.8 Å². The molecule has 2 aromatic rings. The lowest BCUT2D eigenvalue weighted by Gasteiger charge is -2.15. The van der Waals surface area contributed by atoms with Gasteiger partial charge in [-0.1, -0.05) is 0 Å². The summed E-state index contributed by atoms with van der Waals surface area (Å²) >= 11 is 6.00. The number of imidazole rings is 1. The van der Waals surface area contributed by atoms with Crippen LogP contribution in [0, 0.1) is 0 Å².